The molecule has 3 unspecified atom stereocenters. The van der Waals surface area contributed by atoms with E-state index in [1.807, 2.05) is 33.3 Å². The number of nitrogens with zero attached hydrogens (tertiary/aromatic N) is 1. The fraction of sp³-hybridized carbons (Fsp3) is 0.898. The smallest absolute Gasteiger partial charge is 0.306 e. The molecular weight excluding hydrogens is 880 g/mol. The monoisotopic (exact) mass is 995 g/mol. The van der Waals surface area contributed by atoms with Crippen molar-refractivity contribution >= 4 is 19.7 Å². The number of quaternary nitrogens is 1. The molecule has 10 heteroatoms. The minimum atomic E-state index is -4.69. The van der Waals surface area contributed by atoms with Crippen molar-refractivity contribution in [1.29, 1.82) is 0 Å². The minimum absolute atomic E-state index is 0.0198. The molecule has 9 nitrogen and oxygen atoms in total. The molecule has 0 aromatic carbocycles. The van der Waals surface area contributed by atoms with Gasteiger partial charge in [0.25, 0.3) is 7.82 Å². The maximum Gasteiger partial charge on any atom is 0.306 e. The summed E-state index contributed by atoms with van der Waals surface area (Å²) in [5.41, 5.74) is 0. The van der Waals surface area contributed by atoms with Crippen LogP contribution >= 0.6 is 7.82 Å². The van der Waals surface area contributed by atoms with Gasteiger partial charge in [0, 0.05) is 12.8 Å². The molecule has 0 saturated carbocycles. The highest BCUT2D eigenvalue weighted by Crippen LogP contribution is 2.38. The maximum absolute atomic E-state index is 13.5. The number of carbonyl (C=O) groups excluding carboxylic acids is 2. The number of unbranched alkanes of at least 4 members (excludes halogenated alkanes) is 36. The summed E-state index contributed by atoms with van der Waals surface area (Å²) >= 11 is 0. The van der Waals surface area contributed by atoms with Crippen LogP contribution in [0.4, 0.5) is 0 Å². The Morgan fingerprint density at radius 3 is 1.25 bits per heavy atom. The average molecular weight is 996 g/mol. The lowest BCUT2D eigenvalue weighted by molar-refractivity contribution is -0.870. The maximum atomic E-state index is 13.5. The summed E-state index contributed by atoms with van der Waals surface area (Å²) in [6.45, 7) is 6.86. The Kier molecular flexibility index (Phi) is 48.9. The number of rotatable bonds is 54. The zero-order valence-electron chi connectivity index (χ0n) is 46.5. The average Bonchev–Trinajstić information content (AvgIpc) is 3.31. The van der Waals surface area contributed by atoms with Gasteiger partial charge in [-0.15, -0.1) is 0 Å². The van der Waals surface area contributed by atoms with E-state index in [1.165, 1.54) is 186 Å². The number of carbonyl (C=O) groups is 2. The molecule has 1 amide bonds. The molecule has 0 aliphatic rings. The van der Waals surface area contributed by atoms with Crippen molar-refractivity contribution in [2.45, 2.75) is 303 Å². The summed E-state index contributed by atoms with van der Waals surface area (Å²) in [5, 5.41) is 3.03. The number of phosphoric ester groups is 1. The van der Waals surface area contributed by atoms with Crippen LogP contribution in [-0.4, -0.2) is 69.4 Å². The Balaban J connectivity index is 5.33. The molecule has 0 spiro atoms. The second kappa shape index (κ2) is 50.0. The number of phosphoric acid groups is 1. The van der Waals surface area contributed by atoms with E-state index in [0.717, 1.165) is 70.6 Å². The highest BCUT2D eigenvalue weighted by molar-refractivity contribution is 7.45. The normalized spacial score (nSPS) is 13.9. The second-order valence-electron chi connectivity index (χ2n) is 21.5. The van der Waals surface area contributed by atoms with Crippen molar-refractivity contribution in [3.63, 3.8) is 0 Å². The van der Waals surface area contributed by atoms with Crippen LogP contribution in [0.1, 0.15) is 290 Å². The topological polar surface area (TPSA) is 114 Å². The van der Waals surface area contributed by atoms with Gasteiger partial charge in [-0.3, -0.25) is 14.2 Å². The van der Waals surface area contributed by atoms with Gasteiger partial charge in [0.15, 0.2) is 0 Å². The fourth-order valence-corrected chi connectivity index (χ4v) is 9.48. The van der Waals surface area contributed by atoms with Crippen LogP contribution in [0, 0.1) is 0 Å². The molecular formula is C59H115N2O7P. The van der Waals surface area contributed by atoms with Crippen LogP contribution in [-0.2, 0) is 27.9 Å². The van der Waals surface area contributed by atoms with E-state index in [9.17, 15) is 19.0 Å². The lowest BCUT2D eigenvalue weighted by atomic mass is 10.0. The van der Waals surface area contributed by atoms with E-state index in [2.05, 4.69) is 38.2 Å². The van der Waals surface area contributed by atoms with Crippen LogP contribution in [0.15, 0.2) is 24.3 Å². The predicted octanol–water partition coefficient (Wildman–Crippen LogP) is 17.1. The third-order valence-electron chi connectivity index (χ3n) is 13.4. The van der Waals surface area contributed by atoms with Crippen molar-refractivity contribution < 1.29 is 37.3 Å². The molecule has 0 aromatic rings. The van der Waals surface area contributed by atoms with E-state index in [-0.39, 0.29) is 31.5 Å². The Morgan fingerprint density at radius 1 is 0.493 bits per heavy atom. The number of allylic oxidation sites excluding steroid dienone is 3. The number of hydrogen-bond acceptors (Lipinski definition) is 7. The summed E-state index contributed by atoms with van der Waals surface area (Å²) in [4.78, 5) is 39.9. The van der Waals surface area contributed by atoms with Crippen molar-refractivity contribution in [2.75, 3.05) is 40.9 Å². The molecule has 0 saturated heterocycles. The Morgan fingerprint density at radius 2 is 0.841 bits per heavy atom. The van der Waals surface area contributed by atoms with E-state index in [1.54, 1.807) is 0 Å². The first-order chi connectivity index (χ1) is 33.4. The predicted molar refractivity (Wildman–Crippen MR) is 293 cm³/mol. The van der Waals surface area contributed by atoms with Crippen molar-refractivity contribution in [1.82, 2.24) is 5.32 Å². The molecule has 69 heavy (non-hydrogen) atoms. The summed E-state index contributed by atoms with van der Waals surface area (Å²) in [6, 6.07) is -0.884. The van der Waals surface area contributed by atoms with Crippen molar-refractivity contribution in [3.05, 3.63) is 24.3 Å². The van der Waals surface area contributed by atoms with Crippen molar-refractivity contribution in [2.24, 2.45) is 0 Å². The summed E-state index contributed by atoms with van der Waals surface area (Å²) in [5.74, 6) is -0.532. The lowest BCUT2D eigenvalue weighted by Gasteiger charge is -2.30. The Hall–Kier alpha value is -1.51. The van der Waals surface area contributed by atoms with Gasteiger partial charge in [-0.25, -0.2) is 0 Å². The van der Waals surface area contributed by atoms with Gasteiger partial charge in [-0.2, -0.15) is 0 Å². The van der Waals surface area contributed by atoms with Gasteiger partial charge in [0.2, 0.25) is 5.91 Å². The Bertz CT molecular complexity index is 1240. The lowest BCUT2D eigenvalue weighted by Crippen LogP contribution is -2.47. The highest BCUT2D eigenvalue weighted by atomic mass is 31.2. The van der Waals surface area contributed by atoms with E-state index in [4.69, 9.17) is 13.8 Å². The van der Waals surface area contributed by atoms with Crippen LogP contribution in [0.3, 0.4) is 0 Å². The first-order valence-electron chi connectivity index (χ1n) is 29.6. The number of esters is 1. The van der Waals surface area contributed by atoms with Crippen LogP contribution in [0.25, 0.3) is 0 Å². The molecule has 0 rings (SSSR count). The second-order valence-corrected chi connectivity index (χ2v) is 22.9. The van der Waals surface area contributed by atoms with E-state index >= 15 is 0 Å². The zero-order valence-corrected chi connectivity index (χ0v) is 47.4. The molecule has 0 fully saturated rings. The van der Waals surface area contributed by atoms with Gasteiger partial charge >= 0.3 is 5.97 Å². The quantitative estimate of drug-likeness (QED) is 0.0212. The third-order valence-corrected chi connectivity index (χ3v) is 14.3. The molecule has 0 heterocycles. The largest absolute Gasteiger partial charge is 0.756 e. The molecule has 1 N–H and O–H groups in total. The number of likely N-dealkylation sites (N-methyl/N-ethyl adjacent to an activating group) is 1. The standard InChI is InChI=1S/C59H115N2O7P/c1-7-10-13-16-19-22-25-28-30-33-36-39-42-45-48-51-58(62)60-56(55-67-69(64,65)66-54-53-61(4,5)6)57(50-47-44-41-38-35-32-27-24-21-18-15-12-9-3)68-59(63)52-49-46-43-40-37-34-31-29-26-23-20-17-14-11-8-2/h22,25,47,50,56-57H,7-21,23-24,26-46,48-49,51-55H2,1-6H3,(H-,60,62,64,65)/b25-22-,50-47+. The van der Waals surface area contributed by atoms with Crippen molar-refractivity contribution in [3.8, 4) is 0 Å². The number of nitrogens with one attached hydrogen (secondary N) is 1. The first-order valence-corrected chi connectivity index (χ1v) is 31.1. The van der Waals surface area contributed by atoms with Gasteiger partial charge in [0.1, 0.15) is 19.3 Å². The summed E-state index contributed by atoms with van der Waals surface area (Å²) in [6.07, 6.45) is 57.0. The van der Waals surface area contributed by atoms with Gasteiger partial charge < -0.3 is 28.5 Å². The Labute approximate surface area is 428 Å². The molecule has 0 aromatic heterocycles. The zero-order chi connectivity index (χ0) is 50.8. The first kappa shape index (κ1) is 67.5. The number of ether oxygens (including phenoxy) is 1. The minimum Gasteiger partial charge on any atom is -0.756 e. The SMILES string of the molecule is CCCCCC/C=C\CCCCCCCCCC(=O)NC(COP(=O)([O-])OCC[N+](C)(C)C)C(/C=C/CCCCCCCCCCCCC)OC(=O)CCCCCCCCCCCCCCCCC. The molecule has 0 aliphatic carbocycles. The van der Waals surface area contributed by atoms with Crippen LogP contribution in [0.5, 0.6) is 0 Å². The third kappa shape index (κ3) is 51.2. The molecule has 408 valence electrons. The molecule has 0 aliphatic heterocycles. The highest BCUT2D eigenvalue weighted by Gasteiger charge is 2.27. The van der Waals surface area contributed by atoms with Crippen LogP contribution in [0.2, 0.25) is 0 Å². The van der Waals surface area contributed by atoms with E-state index in [0.29, 0.717) is 17.4 Å². The summed E-state index contributed by atoms with van der Waals surface area (Å²) < 4.78 is 30.3. The van der Waals surface area contributed by atoms with Gasteiger partial charge in [0.05, 0.1) is 33.8 Å². The molecule has 0 bridgehead atoms. The fourth-order valence-electron chi connectivity index (χ4n) is 8.75. The number of hydrogen-bond donors (Lipinski definition) is 1. The van der Waals surface area contributed by atoms with Crippen LogP contribution < -0.4 is 10.2 Å². The van der Waals surface area contributed by atoms with E-state index < -0.39 is 20.0 Å². The molecule has 3 atom stereocenters. The number of amides is 1. The molecule has 0 radical (unpaired) electrons. The van der Waals surface area contributed by atoms with Gasteiger partial charge in [-0.05, 0) is 57.4 Å². The summed E-state index contributed by atoms with van der Waals surface area (Å²) in [7, 11) is 1.20. The van der Waals surface area contributed by atoms with Gasteiger partial charge in [-0.1, -0.05) is 244 Å².